The highest BCUT2D eigenvalue weighted by Gasteiger charge is 2.23. The third-order valence-electron chi connectivity index (χ3n) is 5.37. The van der Waals surface area contributed by atoms with Crippen LogP contribution >= 0.6 is 0 Å². The second-order valence-corrected chi connectivity index (χ2v) is 7.31. The summed E-state index contributed by atoms with van der Waals surface area (Å²) in [7, 11) is 0. The molecular formula is C23H23NO4. The molecular weight excluding hydrogens is 354 g/mol. The maximum absolute atomic E-state index is 12.6. The van der Waals surface area contributed by atoms with Gasteiger partial charge in [-0.1, -0.05) is 18.2 Å². The molecule has 0 fully saturated rings. The normalized spacial score (nSPS) is 13.4. The molecule has 5 heteroatoms. The number of fused-ring (bicyclic) bond motifs is 2. The number of carbonyl (C=O) groups excluding carboxylic acids is 2. The number of furan rings is 1. The van der Waals surface area contributed by atoms with Crippen molar-refractivity contribution in [2.75, 3.05) is 18.1 Å². The van der Waals surface area contributed by atoms with Crippen LogP contribution in [0.3, 0.4) is 0 Å². The Morgan fingerprint density at radius 2 is 1.93 bits per heavy atom. The summed E-state index contributed by atoms with van der Waals surface area (Å²) in [5.41, 5.74) is 5.89. The van der Waals surface area contributed by atoms with E-state index in [0.29, 0.717) is 6.54 Å². The first-order valence-electron chi connectivity index (χ1n) is 9.54. The van der Waals surface area contributed by atoms with Crippen molar-refractivity contribution < 1.29 is 18.7 Å². The summed E-state index contributed by atoms with van der Waals surface area (Å²) >= 11 is 0. The van der Waals surface area contributed by atoms with E-state index in [0.717, 1.165) is 51.8 Å². The van der Waals surface area contributed by atoms with Gasteiger partial charge >= 0.3 is 5.97 Å². The fraction of sp³-hybridized carbons (Fsp3) is 0.304. The average Bonchev–Trinajstić information content (AvgIpc) is 3.07. The molecule has 0 unspecified atom stereocenters. The number of para-hydroxylation sites is 1. The van der Waals surface area contributed by atoms with Gasteiger partial charge in [0.2, 0.25) is 0 Å². The topological polar surface area (TPSA) is 59.8 Å². The molecule has 0 radical (unpaired) electrons. The van der Waals surface area contributed by atoms with Gasteiger partial charge in [0.25, 0.3) is 5.91 Å². The quantitative estimate of drug-likeness (QED) is 0.642. The molecule has 5 nitrogen and oxygen atoms in total. The Hall–Kier alpha value is -3.08. The first-order chi connectivity index (χ1) is 13.5. The van der Waals surface area contributed by atoms with Crippen LogP contribution in [0.4, 0.5) is 5.69 Å². The number of anilines is 1. The first kappa shape index (κ1) is 18.3. The summed E-state index contributed by atoms with van der Waals surface area (Å²) in [5.74, 6) is -0.622. The van der Waals surface area contributed by atoms with Gasteiger partial charge in [0, 0.05) is 23.2 Å². The van der Waals surface area contributed by atoms with Crippen molar-refractivity contribution in [2.24, 2.45) is 0 Å². The predicted octanol–water partition coefficient (Wildman–Crippen LogP) is 4.11. The van der Waals surface area contributed by atoms with Gasteiger partial charge in [0.15, 0.2) is 6.61 Å². The number of aryl methyl sites for hydroxylation is 3. The number of nitrogens with zero attached hydrogens (tertiary/aromatic N) is 1. The molecule has 4 rings (SSSR count). The highest BCUT2D eigenvalue weighted by molar-refractivity contribution is 5.96. The monoisotopic (exact) mass is 377 g/mol. The number of amides is 1. The Kier molecular flexibility index (Phi) is 4.90. The largest absolute Gasteiger partial charge is 0.464 e. The van der Waals surface area contributed by atoms with Gasteiger partial charge in [-0.2, -0.15) is 0 Å². The van der Waals surface area contributed by atoms with Crippen LogP contribution in [0.5, 0.6) is 0 Å². The molecule has 1 aliphatic heterocycles. The molecule has 0 aliphatic carbocycles. The zero-order valence-electron chi connectivity index (χ0n) is 16.2. The van der Waals surface area contributed by atoms with E-state index >= 15 is 0 Å². The highest BCUT2D eigenvalue weighted by Crippen LogP contribution is 2.27. The molecule has 3 aromatic rings. The van der Waals surface area contributed by atoms with Crippen molar-refractivity contribution in [3.8, 4) is 0 Å². The zero-order valence-corrected chi connectivity index (χ0v) is 16.2. The van der Waals surface area contributed by atoms with Gasteiger partial charge in [-0.25, -0.2) is 0 Å². The summed E-state index contributed by atoms with van der Waals surface area (Å²) < 4.78 is 10.8. The van der Waals surface area contributed by atoms with Crippen molar-refractivity contribution >= 4 is 28.5 Å². The minimum Gasteiger partial charge on any atom is -0.464 e. The summed E-state index contributed by atoms with van der Waals surface area (Å²) in [4.78, 5) is 26.6. The molecule has 0 spiro atoms. The Balaban J connectivity index is 1.40. The zero-order chi connectivity index (χ0) is 19.7. The van der Waals surface area contributed by atoms with Crippen LogP contribution in [0.2, 0.25) is 0 Å². The van der Waals surface area contributed by atoms with Crippen molar-refractivity contribution in [3.05, 3.63) is 64.9 Å². The molecule has 1 amide bonds. The van der Waals surface area contributed by atoms with Gasteiger partial charge < -0.3 is 14.1 Å². The van der Waals surface area contributed by atoms with E-state index in [-0.39, 0.29) is 18.9 Å². The van der Waals surface area contributed by atoms with Crippen LogP contribution in [-0.4, -0.2) is 25.0 Å². The standard InChI is InChI=1S/C23H23NO4/c1-15-10-19-18(13-27-21(19)11-16(15)2)12-23(26)28-14-22(25)24-9-5-7-17-6-3-4-8-20(17)24/h3-4,6,8,10-11,13H,5,7,9,12,14H2,1-2H3. The molecule has 0 atom stereocenters. The lowest BCUT2D eigenvalue weighted by Gasteiger charge is -2.29. The molecule has 0 N–H and O–H groups in total. The van der Waals surface area contributed by atoms with Crippen molar-refractivity contribution in [2.45, 2.75) is 33.1 Å². The van der Waals surface area contributed by atoms with Crippen LogP contribution in [0.1, 0.15) is 28.7 Å². The van der Waals surface area contributed by atoms with Crippen molar-refractivity contribution in [3.63, 3.8) is 0 Å². The van der Waals surface area contributed by atoms with Crippen LogP contribution < -0.4 is 4.90 Å². The summed E-state index contributed by atoms with van der Waals surface area (Å²) in [6, 6.07) is 11.9. The van der Waals surface area contributed by atoms with Crippen LogP contribution in [-0.2, 0) is 27.2 Å². The van der Waals surface area contributed by atoms with Gasteiger partial charge in [0.05, 0.1) is 12.7 Å². The van der Waals surface area contributed by atoms with E-state index < -0.39 is 5.97 Å². The number of hydrogen-bond acceptors (Lipinski definition) is 4. The minimum absolute atomic E-state index is 0.0827. The average molecular weight is 377 g/mol. The number of carbonyl (C=O) groups is 2. The molecule has 1 aliphatic rings. The molecule has 0 saturated heterocycles. The van der Waals surface area contributed by atoms with Crippen molar-refractivity contribution in [1.29, 1.82) is 0 Å². The lowest BCUT2D eigenvalue weighted by Crippen LogP contribution is -2.38. The minimum atomic E-state index is -0.431. The van der Waals surface area contributed by atoms with E-state index in [4.69, 9.17) is 9.15 Å². The Labute approximate surface area is 163 Å². The number of benzene rings is 2. The maximum Gasteiger partial charge on any atom is 0.310 e. The number of rotatable bonds is 4. The van der Waals surface area contributed by atoms with E-state index in [2.05, 4.69) is 0 Å². The number of ether oxygens (including phenoxy) is 1. The molecule has 1 aromatic heterocycles. The van der Waals surface area contributed by atoms with E-state index in [9.17, 15) is 9.59 Å². The molecule has 2 heterocycles. The maximum atomic E-state index is 12.6. The van der Waals surface area contributed by atoms with Crippen LogP contribution in [0.15, 0.2) is 47.1 Å². The summed E-state index contributed by atoms with van der Waals surface area (Å²) in [5, 5.41) is 0.913. The smallest absolute Gasteiger partial charge is 0.310 e. The van der Waals surface area contributed by atoms with E-state index in [1.165, 1.54) is 0 Å². The Morgan fingerprint density at radius 3 is 2.79 bits per heavy atom. The third-order valence-corrected chi connectivity index (χ3v) is 5.37. The van der Waals surface area contributed by atoms with Gasteiger partial charge in [-0.3, -0.25) is 9.59 Å². The fourth-order valence-electron chi connectivity index (χ4n) is 3.69. The highest BCUT2D eigenvalue weighted by atomic mass is 16.5. The van der Waals surface area contributed by atoms with E-state index in [1.807, 2.05) is 50.2 Å². The van der Waals surface area contributed by atoms with Crippen molar-refractivity contribution in [1.82, 2.24) is 0 Å². The lowest BCUT2D eigenvalue weighted by molar-refractivity contribution is -0.147. The molecule has 0 bridgehead atoms. The van der Waals surface area contributed by atoms with Gasteiger partial charge in [-0.15, -0.1) is 0 Å². The summed E-state index contributed by atoms with van der Waals surface area (Å²) in [6.07, 6.45) is 3.55. The Bertz CT molecular complexity index is 1050. The van der Waals surface area contributed by atoms with E-state index in [1.54, 1.807) is 11.2 Å². The van der Waals surface area contributed by atoms with Crippen LogP contribution in [0.25, 0.3) is 11.0 Å². The second-order valence-electron chi connectivity index (χ2n) is 7.31. The second kappa shape index (κ2) is 7.50. The third kappa shape index (κ3) is 3.52. The first-order valence-corrected chi connectivity index (χ1v) is 9.54. The van der Waals surface area contributed by atoms with Crippen LogP contribution in [0, 0.1) is 13.8 Å². The fourth-order valence-corrected chi connectivity index (χ4v) is 3.69. The number of hydrogen-bond donors (Lipinski definition) is 0. The molecule has 0 saturated carbocycles. The SMILES string of the molecule is Cc1cc2occ(CC(=O)OCC(=O)N3CCCc4ccccc43)c2cc1C. The molecule has 144 valence electrons. The predicted molar refractivity (Wildman–Crippen MR) is 107 cm³/mol. The number of esters is 1. The summed E-state index contributed by atoms with van der Waals surface area (Å²) in [6.45, 7) is 4.45. The van der Waals surface area contributed by atoms with Gasteiger partial charge in [-0.05, 0) is 61.6 Å². The molecule has 28 heavy (non-hydrogen) atoms. The molecule has 2 aromatic carbocycles. The van der Waals surface area contributed by atoms with Gasteiger partial charge in [0.1, 0.15) is 5.58 Å². The Morgan fingerprint density at radius 1 is 1.14 bits per heavy atom. The lowest BCUT2D eigenvalue weighted by atomic mass is 10.0.